The second-order valence-electron chi connectivity index (χ2n) is 7.81. The predicted octanol–water partition coefficient (Wildman–Crippen LogP) is 6.46. The highest BCUT2D eigenvalue weighted by atomic mass is 35.5. The summed E-state index contributed by atoms with van der Waals surface area (Å²) in [4.78, 5) is 22.5. The van der Waals surface area contributed by atoms with E-state index in [-0.39, 0.29) is 12.4 Å². The van der Waals surface area contributed by atoms with Gasteiger partial charge in [0.2, 0.25) is 0 Å². The highest BCUT2D eigenvalue weighted by Crippen LogP contribution is 2.34. The van der Waals surface area contributed by atoms with Gasteiger partial charge in [0, 0.05) is 31.1 Å². The van der Waals surface area contributed by atoms with Crippen LogP contribution in [0.25, 0.3) is 0 Å². The predicted molar refractivity (Wildman–Crippen MR) is 136 cm³/mol. The van der Waals surface area contributed by atoms with Crippen LogP contribution >= 0.6 is 47.1 Å². The maximum absolute atomic E-state index is 11.4. The lowest BCUT2D eigenvalue weighted by Crippen LogP contribution is -2.29. The van der Waals surface area contributed by atoms with Crippen molar-refractivity contribution < 1.29 is 9.90 Å². The Bertz CT molecular complexity index is 916. The first-order chi connectivity index (χ1) is 14.8. The maximum atomic E-state index is 11.4. The van der Waals surface area contributed by atoms with Crippen molar-refractivity contribution in [2.24, 2.45) is 0 Å². The molecular weight excluding hydrogens is 487 g/mol. The zero-order valence-corrected chi connectivity index (χ0v) is 21.8. The van der Waals surface area contributed by atoms with Crippen LogP contribution in [0.2, 0.25) is 5.02 Å². The third-order valence-electron chi connectivity index (χ3n) is 4.81. The monoisotopic (exact) mass is 516 g/mol. The van der Waals surface area contributed by atoms with Gasteiger partial charge in [0.05, 0.1) is 16.3 Å². The molecule has 2 rings (SSSR count). The average Bonchev–Trinajstić information content (AvgIpc) is 3.16. The molecular formula is C22H30Cl2N4O2S2. The van der Waals surface area contributed by atoms with Crippen LogP contribution in [0, 0.1) is 11.3 Å². The summed E-state index contributed by atoms with van der Waals surface area (Å²) in [5, 5.41) is 21.3. The second kappa shape index (κ2) is 13.9. The minimum Gasteiger partial charge on any atom is -0.480 e. The number of nitrogens with zero attached hydrogens (tertiary/aromatic N) is 4. The molecule has 0 unspecified atom stereocenters. The van der Waals surface area contributed by atoms with Crippen LogP contribution in [0.3, 0.4) is 0 Å². The van der Waals surface area contributed by atoms with Crippen molar-refractivity contribution in [2.45, 2.75) is 68.4 Å². The molecule has 0 spiro atoms. The lowest BCUT2D eigenvalue weighted by Gasteiger charge is -2.24. The molecule has 0 aliphatic heterocycles. The third-order valence-corrected chi connectivity index (χ3v) is 7.19. The lowest BCUT2D eigenvalue weighted by molar-refractivity contribution is -0.138. The SMILES string of the molecule is CCCCCCCN(CCc1csc(SC(C)(C)C(=O)O)n1)c1ncc(Cl)cc1C#N.Cl. The van der Waals surface area contributed by atoms with Gasteiger partial charge in [-0.15, -0.1) is 23.7 Å². The number of halogens is 2. The van der Waals surface area contributed by atoms with Crippen molar-refractivity contribution >= 4 is 58.9 Å². The van der Waals surface area contributed by atoms with Gasteiger partial charge in [-0.1, -0.05) is 56.0 Å². The zero-order chi connectivity index (χ0) is 22.9. The number of unbranched alkanes of at least 4 members (excludes halogenated alkanes) is 4. The van der Waals surface area contributed by atoms with Crippen LogP contribution in [-0.2, 0) is 11.2 Å². The third kappa shape index (κ3) is 8.78. The molecule has 0 atom stereocenters. The number of pyridine rings is 1. The van der Waals surface area contributed by atoms with Crippen molar-refractivity contribution in [1.29, 1.82) is 5.26 Å². The van der Waals surface area contributed by atoms with E-state index >= 15 is 0 Å². The van der Waals surface area contributed by atoms with Gasteiger partial charge in [0.15, 0.2) is 4.34 Å². The number of anilines is 1. The van der Waals surface area contributed by atoms with Crippen LogP contribution in [0.15, 0.2) is 22.0 Å². The first kappa shape index (κ1) is 28.5. The topological polar surface area (TPSA) is 90.1 Å². The molecule has 0 aromatic carbocycles. The Balaban J connectivity index is 0.00000512. The molecule has 0 bridgehead atoms. The van der Waals surface area contributed by atoms with E-state index in [1.807, 2.05) is 5.38 Å². The Hall–Kier alpha value is -1.53. The molecule has 2 heterocycles. The van der Waals surface area contributed by atoms with Crippen LogP contribution in [0.5, 0.6) is 0 Å². The molecule has 0 radical (unpaired) electrons. The van der Waals surface area contributed by atoms with E-state index in [0.717, 1.165) is 29.4 Å². The molecule has 0 aliphatic rings. The van der Waals surface area contributed by atoms with Crippen molar-refractivity contribution in [2.75, 3.05) is 18.0 Å². The minimum absolute atomic E-state index is 0. The minimum atomic E-state index is -0.922. The van der Waals surface area contributed by atoms with Crippen molar-refractivity contribution in [3.05, 3.63) is 33.9 Å². The average molecular weight is 518 g/mol. The number of carboxylic acid groups (broad SMARTS) is 1. The number of carbonyl (C=O) groups is 1. The Kier molecular flexibility index (Phi) is 12.4. The molecule has 0 fully saturated rings. The number of aromatic nitrogens is 2. The molecule has 0 aliphatic carbocycles. The Labute approximate surface area is 209 Å². The highest BCUT2D eigenvalue weighted by molar-refractivity contribution is 8.02. The van der Waals surface area contributed by atoms with E-state index in [1.165, 1.54) is 42.4 Å². The summed E-state index contributed by atoms with van der Waals surface area (Å²) in [5.74, 6) is -0.208. The van der Waals surface area contributed by atoms with Gasteiger partial charge < -0.3 is 10.0 Å². The van der Waals surface area contributed by atoms with E-state index < -0.39 is 10.7 Å². The summed E-state index contributed by atoms with van der Waals surface area (Å²) in [6.45, 7) is 7.03. The van der Waals surface area contributed by atoms with Crippen LogP contribution in [0.1, 0.15) is 64.1 Å². The van der Waals surface area contributed by atoms with Gasteiger partial charge in [-0.2, -0.15) is 5.26 Å². The molecule has 0 saturated carbocycles. The zero-order valence-electron chi connectivity index (χ0n) is 18.6. The first-order valence-corrected chi connectivity index (χ1v) is 12.5. The summed E-state index contributed by atoms with van der Waals surface area (Å²) < 4.78 is -0.176. The highest BCUT2D eigenvalue weighted by Gasteiger charge is 2.29. The van der Waals surface area contributed by atoms with Crippen molar-refractivity contribution in [3.63, 3.8) is 0 Å². The summed E-state index contributed by atoms with van der Waals surface area (Å²) in [6.07, 6.45) is 8.07. The number of hydrogen-bond acceptors (Lipinski definition) is 7. The van der Waals surface area contributed by atoms with Gasteiger partial charge in [0.25, 0.3) is 0 Å². The van der Waals surface area contributed by atoms with E-state index in [4.69, 9.17) is 11.6 Å². The molecule has 0 amide bonds. The second-order valence-corrected chi connectivity index (χ2v) is 11.0. The van der Waals surface area contributed by atoms with E-state index in [9.17, 15) is 15.2 Å². The van der Waals surface area contributed by atoms with Gasteiger partial charge in [0.1, 0.15) is 16.6 Å². The molecule has 6 nitrogen and oxygen atoms in total. The lowest BCUT2D eigenvalue weighted by atomic mass is 10.1. The van der Waals surface area contributed by atoms with Gasteiger partial charge in [-0.25, -0.2) is 9.97 Å². The molecule has 0 saturated heterocycles. The fraction of sp³-hybridized carbons (Fsp3) is 0.545. The number of aliphatic carboxylic acids is 1. The molecule has 10 heteroatoms. The fourth-order valence-corrected chi connectivity index (χ4v) is 5.34. The molecule has 176 valence electrons. The molecule has 2 aromatic rings. The number of carboxylic acids is 1. The van der Waals surface area contributed by atoms with Crippen LogP contribution in [0.4, 0.5) is 5.82 Å². The summed E-state index contributed by atoms with van der Waals surface area (Å²) >= 11 is 8.75. The van der Waals surface area contributed by atoms with Crippen LogP contribution < -0.4 is 4.90 Å². The molecule has 1 N–H and O–H groups in total. The van der Waals surface area contributed by atoms with E-state index in [0.29, 0.717) is 29.4 Å². The Morgan fingerprint density at radius 2 is 2.03 bits per heavy atom. The summed E-state index contributed by atoms with van der Waals surface area (Å²) in [6, 6.07) is 3.86. The quantitative estimate of drug-likeness (QED) is 0.241. The summed E-state index contributed by atoms with van der Waals surface area (Å²) in [5.41, 5.74) is 1.39. The first-order valence-electron chi connectivity index (χ1n) is 10.4. The number of hydrogen-bond donors (Lipinski definition) is 1. The van der Waals surface area contributed by atoms with Gasteiger partial charge in [-0.05, 0) is 26.3 Å². The summed E-state index contributed by atoms with van der Waals surface area (Å²) in [7, 11) is 0. The van der Waals surface area contributed by atoms with E-state index in [1.54, 1.807) is 26.1 Å². The fourth-order valence-electron chi connectivity index (χ4n) is 2.96. The Morgan fingerprint density at radius 1 is 1.31 bits per heavy atom. The number of thioether (sulfide) groups is 1. The molecule has 32 heavy (non-hydrogen) atoms. The van der Waals surface area contributed by atoms with Crippen molar-refractivity contribution in [3.8, 4) is 6.07 Å². The van der Waals surface area contributed by atoms with Crippen LogP contribution in [-0.4, -0.2) is 38.9 Å². The van der Waals surface area contributed by atoms with Gasteiger partial charge in [-0.3, -0.25) is 4.79 Å². The van der Waals surface area contributed by atoms with Crippen molar-refractivity contribution in [1.82, 2.24) is 9.97 Å². The molecule has 2 aromatic heterocycles. The Morgan fingerprint density at radius 3 is 2.69 bits per heavy atom. The number of thiazole rings is 1. The largest absolute Gasteiger partial charge is 0.480 e. The normalized spacial score (nSPS) is 11.0. The van der Waals surface area contributed by atoms with Gasteiger partial charge >= 0.3 is 5.97 Å². The maximum Gasteiger partial charge on any atom is 0.319 e. The number of rotatable bonds is 13. The standard InChI is InChI=1S/C22H29ClN4O2S2.ClH/c1-4-5-6-7-8-10-27(19-16(13-24)12-17(23)14-25-19)11-9-18-15-30-21(26-18)31-22(2,3)20(28)29;/h12,14-15H,4-11H2,1-3H3,(H,28,29);1H. The smallest absolute Gasteiger partial charge is 0.319 e. The van der Waals surface area contributed by atoms with E-state index in [2.05, 4.69) is 27.9 Å². The number of nitriles is 1.